The third-order valence-electron chi connectivity index (χ3n) is 3.47. The van der Waals surface area contributed by atoms with Gasteiger partial charge in [0.15, 0.2) is 0 Å². The van der Waals surface area contributed by atoms with Crippen molar-refractivity contribution in [1.29, 1.82) is 0 Å². The molecule has 0 aliphatic rings. The molecule has 5 heteroatoms. The molecule has 120 valence electrons. The van der Waals surface area contributed by atoms with Crippen molar-refractivity contribution in [3.63, 3.8) is 0 Å². The molecule has 1 amide bonds. The SMILES string of the molecule is CC(C)CCN(CCC(C)C)Cc1cc(C(=O)NN)co1. The zero-order chi connectivity index (χ0) is 15.8. The summed E-state index contributed by atoms with van der Waals surface area (Å²) in [5.41, 5.74) is 2.59. The van der Waals surface area contributed by atoms with Gasteiger partial charge in [-0.05, 0) is 43.8 Å². The second kappa shape index (κ2) is 8.85. The minimum absolute atomic E-state index is 0.319. The maximum atomic E-state index is 11.4. The number of hydrogen-bond acceptors (Lipinski definition) is 4. The number of nitrogens with zero attached hydrogens (tertiary/aromatic N) is 1. The quantitative estimate of drug-likeness (QED) is 0.417. The third kappa shape index (κ3) is 6.78. The Kier molecular flexibility index (Phi) is 7.47. The zero-order valence-electron chi connectivity index (χ0n) is 13.7. The van der Waals surface area contributed by atoms with Crippen LogP contribution in [0.3, 0.4) is 0 Å². The number of nitrogens with one attached hydrogen (secondary N) is 1. The van der Waals surface area contributed by atoms with Crippen molar-refractivity contribution in [3.05, 3.63) is 23.7 Å². The number of amides is 1. The van der Waals surface area contributed by atoms with Crippen molar-refractivity contribution in [1.82, 2.24) is 10.3 Å². The summed E-state index contributed by atoms with van der Waals surface area (Å²) in [5, 5.41) is 0. The van der Waals surface area contributed by atoms with Gasteiger partial charge >= 0.3 is 0 Å². The Balaban J connectivity index is 2.61. The van der Waals surface area contributed by atoms with E-state index in [1.54, 1.807) is 6.07 Å². The lowest BCUT2D eigenvalue weighted by molar-refractivity contribution is 0.0953. The molecule has 0 aromatic carbocycles. The normalized spacial score (nSPS) is 11.6. The van der Waals surface area contributed by atoms with Crippen LogP contribution in [0.15, 0.2) is 16.7 Å². The van der Waals surface area contributed by atoms with Gasteiger partial charge in [-0.15, -0.1) is 0 Å². The monoisotopic (exact) mass is 295 g/mol. The molecule has 0 aliphatic carbocycles. The molecule has 0 bridgehead atoms. The van der Waals surface area contributed by atoms with E-state index in [9.17, 15) is 4.79 Å². The molecule has 0 aliphatic heterocycles. The summed E-state index contributed by atoms with van der Waals surface area (Å²) in [4.78, 5) is 13.8. The molecule has 1 rings (SSSR count). The summed E-state index contributed by atoms with van der Waals surface area (Å²) in [7, 11) is 0. The number of carbonyl (C=O) groups excluding carboxylic acids is 1. The fraction of sp³-hybridized carbons (Fsp3) is 0.688. The molecular weight excluding hydrogens is 266 g/mol. The molecule has 5 nitrogen and oxygen atoms in total. The van der Waals surface area contributed by atoms with Crippen LogP contribution in [-0.4, -0.2) is 23.9 Å². The van der Waals surface area contributed by atoms with Crippen LogP contribution >= 0.6 is 0 Å². The second-order valence-electron chi connectivity index (χ2n) is 6.42. The first kappa shape index (κ1) is 17.7. The van der Waals surface area contributed by atoms with E-state index in [2.05, 4.69) is 38.0 Å². The Morgan fingerprint density at radius 3 is 2.29 bits per heavy atom. The van der Waals surface area contributed by atoms with E-state index < -0.39 is 0 Å². The van der Waals surface area contributed by atoms with Crippen molar-refractivity contribution in [2.45, 2.75) is 47.1 Å². The maximum Gasteiger partial charge on any atom is 0.268 e. The van der Waals surface area contributed by atoms with E-state index in [-0.39, 0.29) is 5.91 Å². The van der Waals surface area contributed by atoms with Crippen LogP contribution in [0.5, 0.6) is 0 Å². The van der Waals surface area contributed by atoms with E-state index in [0.29, 0.717) is 17.4 Å². The van der Waals surface area contributed by atoms with Crippen molar-refractivity contribution in [2.75, 3.05) is 13.1 Å². The molecule has 21 heavy (non-hydrogen) atoms. The van der Waals surface area contributed by atoms with Crippen LogP contribution in [0.1, 0.15) is 56.7 Å². The van der Waals surface area contributed by atoms with Crippen LogP contribution in [0.2, 0.25) is 0 Å². The molecule has 0 spiro atoms. The molecule has 0 fully saturated rings. The Hall–Kier alpha value is -1.33. The van der Waals surface area contributed by atoms with E-state index in [0.717, 1.165) is 38.2 Å². The van der Waals surface area contributed by atoms with Crippen LogP contribution in [0.4, 0.5) is 0 Å². The lowest BCUT2D eigenvalue weighted by atomic mass is 10.1. The largest absolute Gasteiger partial charge is 0.467 e. The van der Waals surface area contributed by atoms with Gasteiger partial charge in [0.25, 0.3) is 5.91 Å². The average molecular weight is 295 g/mol. The topological polar surface area (TPSA) is 71.5 Å². The fourth-order valence-electron chi connectivity index (χ4n) is 2.04. The standard InChI is InChI=1S/C16H29N3O2/c1-12(2)5-7-19(8-6-13(3)4)10-15-9-14(11-21-15)16(20)18-17/h9,11-13H,5-8,10,17H2,1-4H3,(H,18,20). The number of rotatable bonds is 9. The van der Waals surface area contributed by atoms with Gasteiger partial charge in [-0.2, -0.15) is 0 Å². The van der Waals surface area contributed by atoms with E-state index in [1.165, 1.54) is 6.26 Å². The Labute approximate surface area is 127 Å². The predicted molar refractivity (Wildman–Crippen MR) is 84.5 cm³/mol. The summed E-state index contributed by atoms with van der Waals surface area (Å²) in [5.74, 6) is 6.98. The smallest absolute Gasteiger partial charge is 0.268 e. The number of carbonyl (C=O) groups is 1. The minimum atomic E-state index is -0.319. The van der Waals surface area contributed by atoms with Crippen LogP contribution in [0, 0.1) is 11.8 Å². The summed E-state index contributed by atoms with van der Waals surface area (Å²) in [6, 6.07) is 1.76. The van der Waals surface area contributed by atoms with Gasteiger partial charge in [0.05, 0.1) is 12.1 Å². The van der Waals surface area contributed by atoms with Crippen molar-refractivity contribution in [3.8, 4) is 0 Å². The summed E-state index contributed by atoms with van der Waals surface area (Å²) < 4.78 is 5.47. The summed E-state index contributed by atoms with van der Waals surface area (Å²) >= 11 is 0. The highest BCUT2D eigenvalue weighted by Gasteiger charge is 2.13. The van der Waals surface area contributed by atoms with Gasteiger partial charge in [-0.3, -0.25) is 15.1 Å². The molecule has 1 aromatic rings. The van der Waals surface area contributed by atoms with Crippen LogP contribution < -0.4 is 11.3 Å². The van der Waals surface area contributed by atoms with Crippen molar-refractivity contribution >= 4 is 5.91 Å². The number of nitrogen functional groups attached to an aromatic ring is 1. The van der Waals surface area contributed by atoms with Gasteiger partial charge in [-0.25, -0.2) is 5.84 Å². The summed E-state index contributed by atoms with van der Waals surface area (Å²) in [6.07, 6.45) is 3.78. The predicted octanol–water partition coefficient (Wildman–Crippen LogP) is 2.78. The van der Waals surface area contributed by atoms with Gasteiger partial charge in [0.1, 0.15) is 12.0 Å². The van der Waals surface area contributed by atoms with Gasteiger partial charge in [0, 0.05) is 0 Å². The van der Waals surface area contributed by atoms with Gasteiger partial charge < -0.3 is 4.42 Å². The number of hydrogen-bond donors (Lipinski definition) is 2. The lowest BCUT2D eigenvalue weighted by Crippen LogP contribution is -2.29. The molecule has 1 heterocycles. The fourth-order valence-corrected chi connectivity index (χ4v) is 2.04. The number of nitrogens with two attached hydrogens (primary N) is 1. The first-order valence-electron chi connectivity index (χ1n) is 7.73. The second-order valence-corrected chi connectivity index (χ2v) is 6.42. The zero-order valence-corrected chi connectivity index (χ0v) is 13.7. The molecule has 0 unspecified atom stereocenters. The molecule has 0 saturated carbocycles. The van der Waals surface area contributed by atoms with Gasteiger partial charge in [-0.1, -0.05) is 27.7 Å². The van der Waals surface area contributed by atoms with Gasteiger partial charge in [0.2, 0.25) is 0 Å². The van der Waals surface area contributed by atoms with E-state index >= 15 is 0 Å². The molecule has 3 N–H and O–H groups in total. The first-order chi connectivity index (χ1) is 9.92. The number of hydrazine groups is 1. The van der Waals surface area contributed by atoms with E-state index in [1.807, 2.05) is 0 Å². The third-order valence-corrected chi connectivity index (χ3v) is 3.47. The highest BCUT2D eigenvalue weighted by molar-refractivity contribution is 5.93. The highest BCUT2D eigenvalue weighted by Crippen LogP contribution is 2.14. The van der Waals surface area contributed by atoms with Crippen LogP contribution in [-0.2, 0) is 6.54 Å². The van der Waals surface area contributed by atoms with Crippen molar-refractivity contribution < 1.29 is 9.21 Å². The minimum Gasteiger partial charge on any atom is -0.467 e. The molecule has 0 saturated heterocycles. The number of furan rings is 1. The van der Waals surface area contributed by atoms with Crippen molar-refractivity contribution in [2.24, 2.45) is 17.7 Å². The van der Waals surface area contributed by atoms with Crippen LogP contribution in [0.25, 0.3) is 0 Å². The molecular formula is C16H29N3O2. The molecule has 0 atom stereocenters. The Morgan fingerprint density at radius 2 is 1.81 bits per heavy atom. The maximum absolute atomic E-state index is 11.4. The first-order valence-corrected chi connectivity index (χ1v) is 7.73. The molecule has 0 radical (unpaired) electrons. The lowest BCUT2D eigenvalue weighted by Gasteiger charge is -2.23. The average Bonchev–Trinajstić information content (AvgIpc) is 2.89. The Morgan fingerprint density at radius 1 is 1.24 bits per heavy atom. The molecule has 1 aromatic heterocycles. The van der Waals surface area contributed by atoms with E-state index in [4.69, 9.17) is 10.3 Å². The Bertz CT molecular complexity index is 415. The highest BCUT2D eigenvalue weighted by atomic mass is 16.3. The summed E-state index contributed by atoms with van der Waals surface area (Å²) in [6.45, 7) is 11.8.